The second-order valence-corrected chi connectivity index (χ2v) is 16.9. The van der Waals surface area contributed by atoms with Gasteiger partial charge in [0.25, 0.3) is 5.91 Å². The van der Waals surface area contributed by atoms with Crippen molar-refractivity contribution < 1.29 is 27.1 Å². The molecule has 7 rings (SSSR count). The summed E-state index contributed by atoms with van der Waals surface area (Å²) < 4.78 is 57.9. The van der Waals surface area contributed by atoms with Gasteiger partial charge in [0.05, 0.1) is 17.5 Å². The van der Waals surface area contributed by atoms with Gasteiger partial charge in [0, 0.05) is 60.1 Å². The Labute approximate surface area is 293 Å². The Hall–Kier alpha value is -3.47. The van der Waals surface area contributed by atoms with Crippen LogP contribution in [0.3, 0.4) is 0 Å². The molecule has 2 aliphatic heterocycles. The van der Waals surface area contributed by atoms with E-state index in [4.69, 9.17) is 21.1 Å². The predicted molar refractivity (Wildman–Crippen MR) is 188 cm³/mol. The minimum absolute atomic E-state index is 0.0932. The lowest BCUT2D eigenvalue weighted by Crippen LogP contribution is -2.52. The molecule has 3 heterocycles. The van der Waals surface area contributed by atoms with Crippen LogP contribution in [-0.4, -0.2) is 51.4 Å². The van der Waals surface area contributed by atoms with Gasteiger partial charge in [-0.1, -0.05) is 36.7 Å². The van der Waals surface area contributed by atoms with Crippen molar-refractivity contribution in [1.82, 2.24) is 9.71 Å². The molecule has 49 heavy (non-hydrogen) atoms. The van der Waals surface area contributed by atoms with E-state index in [1.54, 1.807) is 38.4 Å². The van der Waals surface area contributed by atoms with Crippen molar-refractivity contribution in [2.24, 2.45) is 17.8 Å². The molecular formula is C38H43ClFN3O5S. The number of nitrogens with one attached hydrogen (secondary N) is 1. The third-order valence-corrected chi connectivity index (χ3v) is 13.8. The number of ether oxygens (including phenoxy) is 2. The number of methoxy groups -OCH3 is 1. The average Bonchev–Trinajstić information content (AvgIpc) is 3.22. The Morgan fingerprint density at radius 2 is 1.96 bits per heavy atom. The second kappa shape index (κ2) is 13.0. The van der Waals surface area contributed by atoms with Crippen LogP contribution in [0.15, 0.2) is 67.0 Å². The first-order valence-corrected chi connectivity index (χ1v) is 19.1. The number of anilines is 1. The predicted octanol–water partition coefficient (Wildman–Crippen LogP) is 6.96. The molecule has 8 nitrogen and oxygen atoms in total. The number of hydrogen-bond acceptors (Lipinski definition) is 7. The summed E-state index contributed by atoms with van der Waals surface area (Å²) in [4.78, 5) is 20.1. The standard InChI is InChI=1S/C38H43ClFN3O5S/c1-24-6-4-16-38(47-3,32-20-41-17-14-33(32)40)31-11-8-28(31)21-43-22-37(15-5-7-26-18-29(39)10-12-30(26)37)23-48-35-13-9-27(19-34(35)43)36(44)42-49(45,46)25(24)2/h4,9-10,12-14,16-20,24-25,28,31H,5-8,11,15,21-23H2,1-3H3,(H,42,44)/b16-4-/t24-,25+,28-,31+,37-,38-/m0/s1. The monoisotopic (exact) mass is 707 g/mol. The number of halogens is 2. The molecule has 1 aromatic heterocycles. The van der Waals surface area contributed by atoms with Crippen molar-refractivity contribution in [1.29, 1.82) is 0 Å². The Bertz CT molecular complexity index is 1910. The number of fused-ring (bicyclic) bond motifs is 4. The van der Waals surface area contributed by atoms with E-state index in [1.807, 2.05) is 25.1 Å². The van der Waals surface area contributed by atoms with Crippen molar-refractivity contribution in [3.63, 3.8) is 0 Å². The summed E-state index contributed by atoms with van der Waals surface area (Å²) in [6.45, 7) is 5.10. The van der Waals surface area contributed by atoms with Crippen molar-refractivity contribution in [3.05, 3.63) is 100 Å². The van der Waals surface area contributed by atoms with Crippen LogP contribution in [0, 0.1) is 23.6 Å². The van der Waals surface area contributed by atoms with E-state index in [9.17, 15) is 13.2 Å². The van der Waals surface area contributed by atoms with Crippen molar-refractivity contribution in [2.45, 2.75) is 68.6 Å². The van der Waals surface area contributed by atoms with E-state index >= 15 is 4.39 Å². The average molecular weight is 708 g/mol. The molecule has 6 atom stereocenters. The smallest absolute Gasteiger partial charge is 0.264 e. The van der Waals surface area contributed by atoms with Crippen LogP contribution in [0.2, 0.25) is 5.02 Å². The molecule has 0 saturated heterocycles. The number of aromatic nitrogens is 1. The SMILES string of the molecule is CO[C@@]1(c2cnccc2F)/C=C\C[C@H](C)[C@@H](C)S(=O)(=O)NC(=O)c2ccc3c(c2)N(C[C@@H]2CC[C@H]21)C[C@@]1(CCCc2cc(Cl)ccc21)CO3. The molecule has 2 aliphatic carbocycles. The highest BCUT2D eigenvalue weighted by Gasteiger charge is 2.51. The van der Waals surface area contributed by atoms with E-state index in [1.165, 1.54) is 23.4 Å². The number of pyridine rings is 1. The van der Waals surface area contributed by atoms with Gasteiger partial charge in [-0.2, -0.15) is 0 Å². The zero-order valence-electron chi connectivity index (χ0n) is 28.1. The van der Waals surface area contributed by atoms with Crippen LogP contribution in [-0.2, 0) is 32.2 Å². The molecule has 3 aromatic rings. The summed E-state index contributed by atoms with van der Waals surface area (Å²) in [5, 5.41) is -0.171. The molecule has 260 valence electrons. The number of hydrogen-bond donors (Lipinski definition) is 1. The first kappa shape index (κ1) is 34.0. The fraction of sp³-hybridized carbons (Fsp3) is 0.474. The fourth-order valence-corrected chi connectivity index (χ4v) is 10.0. The van der Waals surface area contributed by atoms with Crippen molar-refractivity contribution in [3.8, 4) is 5.75 Å². The molecule has 2 aromatic carbocycles. The van der Waals surface area contributed by atoms with Crippen LogP contribution in [0.5, 0.6) is 5.75 Å². The zero-order chi connectivity index (χ0) is 34.6. The number of carbonyl (C=O) groups excluding carboxylic acids is 1. The van der Waals surface area contributed by atoms with Crippen LogP contribution in [0.1, 0.15) is 73.0 Å². The Morgan fingerprint density at radius 3 is 2.71 bits per heavy atom. The largest absolute Gasteiger partial charge is 0.490 e. The number of rotatable bonds is 2. The molecule has 0 unspecified atom stereocenters. The molecule has 11 heteroatoms. The number of carbonyl (C=O) groups is 1. The van der Waals surface area contributed by atoms with E-state index in [0.717, 1.165) is 37.8 Å². The first-order valence-electron chi connectivity index (χ1n) is 17.2. The molecule has 1 fully saturated rings. The molecule has 0 radical (unpaired) electrons. The minimum atomic E-state index is -4.03. The summed E-state index contributed by atoms with van der Waals surface area (Å²) in [6, 6.07) is 12.6. The Balaban J connectivity index is 1.37. The number of amides is 1. The van der Waals surface area contributed by atoms with Crippen molar-refractivity contribution >= 4 is 33.2 Å². The number of nitrogens with zero attached hydrogens (tertiary/aromatic N) is 2. The molecule has 1 saturated carbocycles. The Kier molecular flexibility index (Phi) is 9.03. The quantitative estimate of drug-likeness (QED) is 0.288. The third kappa shape index (κ3) is 6.03. The van der Waals surface area contributed by atoms with Gasteiger partial charge in [0.1, 0.15) is 17.2 Å². The lowest BCUT2D eigenvalue weighted by molar-refractivity contribution is -0.0825. The molecular weight excluding hydrogens is 665 g/mol. The highest BCUT2D eigenvalue weighted by molar-refractivity contribution is 7.90. The lowest BCUT2D eigenvalue weighted by atomic mass is 9.62. The number of aryl methyl sites for hydroxylation is 1. The summed E-state index contributed by atoms with van der Waals surface area (Å²) >= 11 is 6.45. The van der Waals surface area contributed by atoms with Gasteiger partial charge >= 0.3 is 0 Å². The lowest BCUT2D eigenvalue weighted by Gasteiger charge is -2.50. The molecule has 2 bridgehead atoms. The summed E-state index contributed by atoms with van der Waals surface area (Å²) in [5.41, 5.74) is 2.30. The van der Waals surface area contributed by atoms with Gasteiger partial charge in [-0.25, -0.2) is 17.5 Å². The van der Waals surface area contributed by atoms with E-state index < -0.39 is 32.6 Å². The van der Waals surface area contributed by atoms with Crippen LogP contribution in [0.25, 0.3) is 0 Å². The fourth-order valence-electron chi connectivity index (χ4n) is 8.53. The number of benzene rings is 2. The topological polar surface area (TPSA) is 97.8 Å². The van der Waals surface area contributed by atoms with E-state index in [-0.39, 0.29) is 28.7 Å². The van der Waals surface area contributed by atoms with Crippen LogP contribution >= 0.6 is 11.6 Å². The van der Waals surface area contributed by atoms with Gasteiger partial charge in [-0.05, 0) is 105 Å². The third-order valence-electron chi connectivity index (χ3n) is 11.6. The van der Waals surface area contributed by atoms with Crippen LogP contribution < -0.4 is 14.4 Å². The van der Waals surface area contributed by atoms with Gasteiger partial charge in [0.15, 0.2) is 0 Å². The molecule has 1 spiro atoms. The molecule has 1 amide bonds. The van der Waals surface area contributed by atoms with E-state index in [2.05, 4.69) is 26.7 Å². The van der Waals surface area contributed by atoms with Gasteiger partial charge in [-0.3, -0.25) is 9.78 Å². The van der Waals surface area contributed by atoms with Gasteiger partial charge < -0.3 is 14.4 Å². The van der Waals surface area contributed by atoms with E-state index in [0.29, 0.717) is 42.5 Å². The summed E-state index contributed by atoms with van der Waals surface area (Å²) in [6.07, 6.45) is 11.7. The maximum atomic E-state index is 15.7. The molecule has 1 N–H and O–H groups in total. The molecule has 4 aliphatic rings. The minimum Gasteiger partial charge on any atom is -0.490 e. The Morgan fingerprint density at radius 1 is 1.12 bits per heavy atom. The summed E-state index contributed by atoms with van der Waals surface area (Å²) in [7, 11) is -2.42. The zero-order valence-corrected chi connectivity index (χ0v) is 29.7. The maximum Gasteiger partial charge on any atom is 0.264 e. The number of allylic oxidation sites excluding steroid dienone is 1. The van der Waals surface area contributed by atoms with Gasteiger partial charge in [-0.15, -0.1) is 0 Å². The maximum absolute atomic E-state index is 15.7. The highest BCUT2D eigenvalue weighted by Crippen LogP contribution is 2.52. The highest BCUT2D eigenvalue weighted by atomic mass is 35.5. The normalized spacial score (nSPS) is 31.7. The van der Waals surface area contributed by atoms with Crippen LogP contribution in [0.4, 0.5) is 10.1 Å². The van der Waals surface area contributed by atoms with Gasteiger partial charge in [0.2, 0.25) is 10.0 Å². The number of sulfonamides is 1. The first-order chi connectivity index (χ1) is 23.5. The van der Waals surface area contributed by atoms with Crippen molar-refractivity contribution in [2.75, 3.05) is 31.7 Å². The second-order valence-electron chi connectivity index (χ2n) is 14.4. The summed E-state index contributed by atoms with van der Waals surface area (Å²) in [5.74, 6) is -0.782.